The molecule has 0 spiro atoms. The van der Waals surface area contributed by atoms with Gasteiger partial charge < -0.3 is 15.5 Å². The molecule has 0 amide bonds. The Balaban J connectivity index is 2.86. The molecule has 0 bridgehead atoms. The van der Waals surface area contributed by atoms with Crippen molar-refractivity contribution in [2.75, 3.05) is 12.8 Å². The monoisotopic (exact) mass is 215 g/mol. The van der Waals surface area contributed by atoms with E-state index in [1.54, 1.807) is 13.2 Å². The fraction of sp³-hybridized carbons (Fsp3) is 0.250. The normalized spacial score (nSPS) is 10.3. The number of ether oxygens (including phenoxy) is 1. The van der Waals surface area contributed by atoms with Crippen molar-refractivity contribution < 1.29 is 4.74 Å². The minimum Gasteiger partial charge on any atom is -0.495 e. The van der Waals surface area contributed by atoms with E-state index in [1.807, 2.05) is 13.0 Å². The van der Waals surface area contributed by atoms with Gasteiger partial charge >= 0.3 is 0 Å². The molecular formula is C12H13N3O. The Morgan fingerprint density at radius 2 is 2.25 bits per heavy atom. The molecule has 1 aromatic carbocycles. The summed E-state index contributed by atoms with van der Waals surface area (Å²) in [5.74, 6) is 0.602. The first-order valence-electron chi connectivity index (χ1n) is 5.10. The van der Waals surface area contributed by atoms with Crippen LogP contribution in [0, 0.1) is 11.3 Å². The van der Waals surface area contributed by atoms with Gasteiger partial charge in [-0.1, -0.05) is 6.92 Å². The minimum atomic E-state index is 0.521. The van der Waals surface area contributed by atoms with Gasteiger partial charge in [0.1, 0.15) is 11.8 Å². The zero-order valence-corrected chi connectivity index (χ0v) is 9.29. The Morgan fingerprint density at radius 3 is 2.81 bits per heavy atom. The van der Waals surface area contributed by atoms with E-state index in [0.29, 0.717) is 17.0 Å². The molecule has 0 saturated carbocycles. The molecule has 2 aromatic rings. The average Bonchev–Trinajstić information content (AvgIpc) is 2.68. The maximum atomic E-state index is 9.16. The van der Waals surface area contributed by atoms with E-state index in [9.17, 15) is 0 Å². The lowest BCUT2D eigenvalue weighted by atomic mass is 10.1. The van der Waals surface area contributed by atoms with Crippen molar-refractivity contribution in [1.82, 2.24) is 4.98 Å². The van der Waals surface area contributed by atoms with E-state index in [1.165, 1.54) is 0 Å². The van der Waals surface area contributed by atoms with Crippen LogP contribution in [0.15, 0.2) is 12.1 Å². The van der Waals surface area contributed by atoms with E-state index in [4.69, 9.17) is 15.7 Å². The topological polar surface area (TPSA) is 74.8 Å². The zero-order chi connectivity index (χ0) is 11.7. The Morgan fingerprint density at radius 1 is 1.50 bits per heavy atom. The Bertz CT molecular complexity index is 578. The third kappa shape index (κ3) is 1.29. The quantitative estimate of drug-likeness (QED) is 0.754. The number of aromatic amines is 1. The number of nitrogens with zero attached hydrogens (tertiary/aromatic N) is 1. The Hall–Kier alpha value is -2.15. The molecule has 3 N–H and O–H groups in total. The summed E-state index contributed by atoms with van der Waals surface area (Å²) in [6, 6.07) is 5.87. The van der Waals surface area contributed by atoms with Crippen LogP contribution in [-0.4, -0.2) is 12.1 Å². The summed E-state index contributed by atoms with van der Waals surface area (Å²) in [7, 11) is 1.57. The molecule has 0 aliphatic carbocycles. The standard InChI is InChI=1S/C12H13N3O/c1-3-8-7(6-13)11-9(15-8)4-5-10(16-2)12(11)14/h4-5,15H,3,14H2,1-2H3. The van der Waals surface area contributed by atoms with Gasteiger partial charge in [0.05, 0.1) is 18.4 Å². The van der Waals surface area contributed by atoms with Gasteiger partial charge in [0, 0.05) is 16.6 Å². The molecule has 16 heavy (non-hydrogen) atoms. The summed E-state index contributed by atoms with van der Waals surface area (Å²) in [6.07, 6.45) is 0.777. The van der Waals surface area contributed by atoms with E-state index >= 15 is 0 Å². The lowest BCUT2D eigenvalue weighted by Gasteiger charge is -2.04. The highest BCUT2D eigenvalue weighted by molar-refractivity contribution is 5.99. The number of hydrogen-bond acceptors (Lipinski definition) is 3. The number of H-pyrrole nitrogens is 1. The second-order valence-corrected chi connectivity index (χ2v) is 3.55. The number of nitrogen functional groups attached to an aromatic ring is 1. The smallest absolute Gasteiger partial charge is 0.142 e. The van der Waals surface area contributed by atoms with Crippen molar-refractivity contribution in [3.63, 3.8) is 0 Å². The third-order valence-corrected chi connectivity index (χ3v) is 2.73. The number of benzene rings is 1. The lowest BCUT2D eigenvalue weighted by Crippen LogP contribution is -1.93. The maximum absolute atomic E-state index is 9.16. The fourth-order valence-corrected chi connectivity index (χ4v) is 1.92. The van der Waals surface area contributed by atoms with Crippen LogP contribution in [0.3, 0.4) is 0 Å². The highest BCUT2D eigenvalue weighted by Gasteiger charge is 2.14. The molecule has 82 valence electrons. The molecule has 1 aromatic heterocycles. The predicted molar refractivity (Wildman–Crippen MR) is 63.4 cm³/mol. The number of aryl methyl sites for hydroxylation is 1. The summed E-state index contributed by atoms with van der Waals surface area (Å²) in [5, 5.41) is 9.92. The second-order valence-electron chi connectivity index (χ2n) is 3.55. The highest BCUT2D eigenvalue weighted by atomic mass is 16.5. The fourth-order valence-electron chi connectivity index (χ4n) is 1.92. The first-order valence-corrected chi connectivity index (χ1v) is 5.10. The predicted octanol–water partition coefficient (Wildman–Crippen LogP) is 2.19. The van der Waals surface area contributed by atoms with Crippen molar-refractivity contribution in [2.24, 2.45) is 0 Å². The van der Waals surface area contributed by atoms with Gasteiger partial charge in [0.15, 0.2) is 0 Å². The van der Waals surface area contributed by atoms with Crippen LogP contribution in [0.1, 0.15) is 18.2 Å². The van der Waals surface area contributed by atoms with Crippen LogP contribution in [0.4, 0.5) is 5.69 Å². The van der Waals surface area contributed by atoms with Gasteiger partial charge in [-0.25, -0.2) is 0 Å². The number of hydrogen-bond donors (Lipinski definition) is 2. The van der Waals surface area contributed by atoms with Gasteiger partial charge in [-0.2, -0.15) is 5.26 Å². The number of nitrogens with one attached hydrogen (secondary N) is 1. The highest BCUT2D eigenvalue weighted by Crippen LogP contribution is 2.34. The number of fused-ring (bicyclic) bond motifs is 1. The lowest BCUT2D eigenvalue weighted by molar-refractivity contribution is 0.417. The van der Waals surface area contributed by atoms with Gasteiger partial charge in [-0.15, -0.1) is 0 Å². The number of rotatable bonds is 2. The van der Waals surface area contributed by atoms with Crippen LogP contribution in [0.25, 0.3) is 10.9 Å². The van der Waals surface area contributed by atoms with Gasteiger partial charge in [-0.05, 0) is 18.6 Å². The van der Waals surface area contributed by atoms with Crippen LogP contribution < -0.4 is 10.5 Å². The largest absolute Gasteiger partial charge is 0.495 e. The second kappa shape index (κ2) is 3.78. The number of aromatic nitrogens is 1. The van der Waals surface area contributed by atoms with Crippen LogP contribution in [-0.2, 0) is 6.42 Å². The summed E-state index contributed by atoms with van der Waals surface area (Å²) >= 11 is 0. The van der Waals surface area contributed by atoms with E-state index in [2.05, 4.69) is 11.1 Å². The number of anilines is 1. The summed E-state index contributed by atoms with van der Waals surface area (Å²) < 4.78 is 5.15. The number of nitrogens with two attached hydrogens (primary N) is 1. The molecule has 0 aliphatic heterocycles. The zero-order valence-electron chi connectivity index (χ0n) is 9.29. The third-order valence-electron chi connectivity index (χ3n) is 2.73. The molecule has 0 fully saturated rings. The minimum absolute atomic E-state index is 0.521. The Kier molecular flexibility index (Phi) is 2.45. The van der Waals surface area contributed by atoms with Gasteiger partial charge in [-0.3, -0.25) is 0 Å². The molecule has 0 saturated heterocycles. The first-order chi connectivity index (χ1) is 7.72. The maximum Gasteiger partial charge on any atom is 0.142 e. The molecule has 4 nitrogen and oxygen atoms in total. The Labute approximate surface area is 93.6 Å². The van der Waals surface area contributed by atoms with E-state index in [0.717, 1.165) is 23.0 Å². The summed E-state index contributed by atoms with van der Waals surface area (Å²) in [5.41, 5.74) is 8.91. The van der Waals surface area contributed by atoms with Crippen LogP contribution in [0.5, 0.6) is 5.75 Å². The summed E-state index contributed by atoms with van der Waals surface area (Å²) in [4.78, 5) is 3.20. The van der Waals surface area contributed by atoms with E-state index < -0.39 is 0 Å². The van der Waals surface area contributed by atoms with Gasteiger partial charge in [0.25, 0.3) is 0 Å². The summed E-state index contributed by atoms with van der Waals surface area (Å²) in [6.45, 7) is 2.00. The van der Waals surface area contributed by atoms with Crippen LogP contribution >= 0.6 is 0 Å². The van der Waals surface area contributed by atoms with Crippen molar-refractivity contribution in [1.29, 1.82) is 5.26 Å². The SMILES string of the molecule is CCc1[nH]c2ccc(OC)c(N)c2c1C#N. The molecule has 4 heteroatoms. The van der Waals surface area contributed by atoms with Crippen molar-refractivity contribution in [3.05, 3.63) is 23.4 Å². The van der Waals surface area contributed by atoms with Crippen molar-refractivity contribution in [3.8, 4) is 11.8 Å². The number of methoxy groups -OCH3 is 1. The van der Waals surface area contributed by atoms with Gasteiger partial charge in [0.2, 0.25) is 0 Å². The van der Waals surface area contributed by atoms with Crippen LogP contribution in [0.2, 0.25) is 0 Å². The molecule has 0 unspecified atom stereocenters. The van der Waals surface area contributed by atoms with Crippen molar-refractivity contribution >= 4 is 16.6 Å². The van der Waals surface area contributed by atoms with Crippen molar-refractivity contribution in [2.45, 2.75) is 13.3 Å². The molecule has 0 radical (unpaired) electrons. The molecule has 1 heterocycles. The molecule has 2 rings (SSSR count). The average molecular weight is 215 g/mol. The molecular weight excluding hydrogens is 202 g/mol. The number of nitriles is 1. The molecule has 0 atom stereocenters. The first kappa shape index (κ1) is 10.4. The molecule has 0 aliphatic rings. The van der Waals surface area contributed by atoms with E-state index in [-0.39, 0.29) is 0 Å².